The van der Waals surface area contributed by atoms with Crippen molar-refractivity contribution in [2.75, 3.05) is 6.61 Å². The molecule has 1 heterocycles. The van der Waals surface area contributed by atoms with E-state index in [1.807, 2.05) is 49.5 Å². The molecule has 0 fully saturated rings. The third-order valence-electron chi connectivity index (χ3n) is 4.80. The van der Waals surface area contributed by atoms with E-state index >= 15 is 0 Å². The number of esters is 1. The SMILES string of the molecule is CCOC(=O)c1cccc(-n2c(C)cc(C=Nc3ccccc3CC)c2C)c1. The summed E-state index contributed by atoms with van der Waals surface area (Å²) in [6, 6.07) is 17.8. The van der Waals surface area contributed by atoms with Crippen LogP contribution in [0.1, 0.15) is 46.7 Å². The van der Waals surface area contributed by atoms with Crippen molar-refractivity contribution >= 4 is 17.9 Å². The third-order valence-corrected chi connectivity index (χ3v) is 4.80. The van der Waals surface area contributed by atoms with Gasteiger partial charge in [0, 0.05) is 28.9 Å². The number of aromatic nitrogens is 1. The summed E-state index contributed by atoms with van der Waals surface area (Å²) in [6.45, 7) is 8.43. The van der Waals surface area contributed by atoms with Gasteiger partial charge in [-0.15, -0.1) is 0 Å². The zero-order chi connectivity index (χ0) is 20.1. The van der Waals surface area contributed by atoms with Gasteiger partial charge < -0.3 is 9.30 Å². The van der Waals surface area contributed by atoms with E-state index < -0.39 is 0 Å². The monoisotopic (exact) mass is 374 g/mol. The van der Waals surface area contributed by atoms with Crippen LogP contribution >= 0.6 is 0 Å². The highest BCUT2D eigenvalue weighted by molar-refractivity contribution is 5.90. The molecule has 1 aromatic heterocycles. The Morgan fingerprint density at radius 1 is 1.07 bits per heavy atom. The van der Waals surface area contributed by atoms with Crippen LogP contribution in [0.25, 0.3) is 5.69 Å². The minimum atomic E-state index is -0.301. The summed E-state index contributed by atoms with van der Waals surface area (Å²) >= 11 is 0. The number of benzene rings is 2. The minimum Gasteiger partial charge on any atom is -0.462 e. The lowest BCUT2D eigenvalue weighted by Crippen LogP contribution is -2.06. The van der Waals surface area contributed by atoms with Crippen LogP contribution < -0.4 is 0 Å². The van der Waals surface area contributed by atoms with Gasteiger partial charge in [0.1, 0.15) is 0 Å². The average molecular weight is 374 g/mol. The molecule has 0 aliphatic carbocycles. The molecule has 4 nitrogen and oxygen atoms in total. The maximum absolute atomic E-state index is 12.1. The molecule has 0 saturated carbocycles. The Labute approximate surface area is 166 Å². The van der Waals surface area contributed by atoms with E-state index in [4.69, 9.17) is 9.73 Å². The number of rotatable bonds is 6. The molecular weight excluding hydrogens is 348 g/mol. The number of carbonyl (C=O) groups is 1. The van der Waals surface area contributed by atoms with E-state index in [1.165, 1.54) is 5.56 Å². The van der Waals surface area contributed by atoms with E-state index in [1.54, 1.807) is 6.07 Å². The van der Waals surface area contributed by atoms with Gasteiger partial charge in [-0.05, 0) is 63.1 Å². The van der Waals surface area contributed by atoms with Crippen molar-refractivity contribution in [3.63, 3.8) is 0 Å². The first-order chi connectivity index (χ1) is 13.5. The van der Waals surface area contributed by atoms with Crippen LogP contribution in [0.3, 0.4) is 0 Å². The molecular formula is C24H26N2O2. The standard InChI is InChI=1S/C24H26N2O2/c1-5-19-10-7-8-13-23(19)25-16-21-14-17(3)26(18(21)4)22-12-9-11-20(15-22)24(27)28-6-2/h7-16H,5-6H2,1-4H3. The van der Waals surface area contributed by atoms with Crippen LogP contribution in [0.15, 0.2) is 59.6 Å². The minimum absolute atomic E-state index is 0.301. The van der Waals surface area contributed by atoms with E-state index in [0.29, 0.717) is 12.2 Å². The maximum Gasteiger partial charge on any atom is 0.338 e. The second-order valence-corrected chi connectivity index (χ2v) is 6.67. The Kier molecular flexibility index (Phi) is 6.09. The second kappa shape index (κ2) is 8.70. The van der Waals surface area contributed by atoms with Gasteiger partial charge in [-0.25, -0.2) is 4.79 Å². The Bertz CT molecular complexity index is 1020. The first-order valence-corrected chi connectivity index (χ1v) is 9.63. The van der Waals surface area contributed by atoms with Gasteiger partial charge >= 0.3 is 5.97 Å². The summed E-state index contributed by atoms with van der Waals surface area (Å²) in [5, 5.41) is 0. The summed E-state index contributed by atoms with van der Waals surface area (Å²) in [6.07, 6.45) is 2.87. The molecule has 0 radical (unpaired) electrons. The molecule has 3 aromatic rings. The molecule has 2 aromatic carbocycles. The van der Waals surface area contributed by atoms with Gasteiger partial charge in [0.25, 0.3) is 0 Å². The molecule has 0 aliphatic heterocycles. The van der Waals surface area contributed by atoms with Crippen molar-refractivity contribution in [2.45, 2.75) is 34.1 Å². The smallest absolute Gasteiger partial charge is 0.338 e. The van der Waals surface area contributed by atoms with Crippen LogP contribution in [-0.4, -0.2) is 23.4 Å². The fraction of sp³-hybridized carbons (Fsp3) is 0.250. The normalized spacial score (nSPS) is 11.1. The first-order valence-electron chi connectivity index (χ1n) is 9.63. The molecule has 0 saturated heterocycles. The van der Waals surface area contributed by atoms with Gasteiger partial charge in [0.2, 0.25) is 0 Å². The summed E-state index contributed by atoms with van der Waals surface area (Å²) < 4.78 is 7.26. The molecule has 0 aliphatic rings. The van der Waals surface area contributed by atoms with E-state index in [2.05, 4.69) is 37.5 Å². The van der Waals surface area contributed by atoms with E-state index in [-0.39, 0.29) is 5.97 Å². The Balaban J connectivity index is 1.96. The van der Waals surface area contributed by atoms with Crippen molar-refractivity contribution in [1.82, 2.24) is 4.57 Å². The summed E-state index contributed by atoms with van der Waals surface area (Å²) in [5.74, 6) is -0.301. The van der Waals surface area contributed by atoms with Crippen molar-refractivity contribution in [1.29, 1.82) is 0 Å². The largest absolute Gasteiger partial charge is 0.462 e. The molecule has 0 bridgehead atoms. The molecule has 0 N–H and O–H groups in total. The van der Waals surface area contributed by atoms with E-state index in [9.17, 15) is 4.79 Å². The van der Waals surface area contributed by atoms with Crippen molar-refractivity contribution in [3.05, 3.63) is 82.7 Å². The Morgan fingerprint density at radius 2 is 1.86 bits per heavy atom. The lowest BCUT2D eigenvalue weighted by molar-refractivity contribution is 0.0526. The quantitative estimate of drug-likeness (QED) is 0.417. The molecule has 144 valence electrons. The Morgan fingerprint density at radius 3 is 2.61 bits per heavy atom. The lowest BCUT2D eigenvalue weighted by Gasteiger charge is -2.11. The van der Waals surface area contributed by atoms with Gasteiger partial charge in [0.05, 0.1) is 17.9 Å². The van der Waals surface area contributed by atoms with Crippen LogP contribution in [0.2, 0.25) is 0 Å². The number of aliphatic imine (C=N–C) groups is 1. The van der Waals surface area contributed by atoms with Crippen LogP contribution in [0, 0.1) is 13.8 Å². The summed E-state index contributed by atoms with van der Waals surface area (Å²) in [5.41, 5.74) is 6.95. The third kappa shape index (κ3) is 4.06. The molecule has 0 unspecified atom stereocenters. The van der Waals surface area contributed by atoms with Crippen LogP contribution in [0.4, 0.5) is 5.69 Å². The van der Waals surface area contributed by atoms with Gasteiger partial charge in [0.15, 0.2) is 0 Å². The van der Waals surface area contributed by atoms with Crippen molar-refractivity contribution in [3.8, 4) is 5.69 Å². The number of ether oxygens (including phenoxy) is 1. The summed E-state index contributed by atoms with van der Waals surface area (Å²) in [4.78, 5) is 16.8. The predicted molar refractivity (Wildman–Crippen MR) is 114 cm³/mol. The molecule has 28 heavy (non-hydrogen) atoms. The van der Waals surface area contributed by atoms with Gasteiger partial charge in [-0.3, -0.25) is 4.99 Å². The zero-order valence-corrected chi connectivity index (χ0v) is 16.9. The number of hydrogen-bond donors (Lipinski definition) is 0. The number of carbonyl (C=O) groups excluding carboxylic acids is 1. The van der Waals surface area contributed by atoms with E-state index in [0.717, 1.165) is 34.7 Å². The van der Waals surface area contributed by atoms with Gasteiger partial charge in [-0.2, -0.15) is 0 Å². The fourth-order valence-electron chi connectivity index (χ4n) is 3.38. The highest BCUT2D eigenvalue weighted by Crippen LogP contribution is 2.23. The maximum atomic E-state index is 12.1. The highest BCUT2D eigenvalue weighted by Gasteiger charge is 2.12. The number of aryl methyl sites for hydroxylation is 2. The first kappa shape index (κ1) is 19.6. The molecule has 0 atom stereocenters. The average Bonchev–Trinajstić information content (AvgIpc) is 3.00. The lowest BCUT2D eigenvalue weighted by atomic mass is 10.1. The van der Waals surface area contributed by atoms with Crippen molar-refractivity contribution < 1.29 is 9.53 Å². The molecule has 0 spiro atoms. The van der Waals surface area contributed by atoms with Crippen molar-refractivity contribution in [2.24, 2.45) is 4.99 Å². The topological polar surface area (TPSA) is 43.6 Å². The van der Waals surface area contributed by atoms with Crippen LogP contribution in [-0.2, 0) is 11.2 Å². The predicted octanol–water partition coefficient (Wildman–Crippen LogP) is 5.58. The number of hydrogen-bond acceptors (Lipinski definition) is 3. The zero-order valence-electron chi connectivity index (χ0n) is 16.9. The van der Waals surface area contributed by atoms with Gasteiger partial charge in [-0.1, -0.05) is 31.2 Å². The molecule has 0 amide bonds. The fourth-order valence-corrected chi connectivity index (χ4v) is 3.38. The van der Waals surface area contributed by atoms with Crippen LogP contribution in [0.5, 0.6) is 0 Å². The number of nitrogens with zero attached hydrogens (tertiary/aromatic N) is 2. The Hall–Kier alpha value is -3.14. The molecule has 4 heteroatoms. The number of para-hydroxylation sites is 1. The second-order valence-electron chi connectivity index (χ2n) is 6.67. The highest BCUT2D eigenvalue weighted by atomic mass is 16.5. The summed E-state index contributed by atoms with van der Waals surface area (Å²) in [7, 11) is 0. The molecule has 3 rings (SSSR count).